The topological polar surface area (TPSA) is 51.3 Å². The van der Waals surface area contributed by atoms with E-state index >= 15 is 0 Å². The lowest BCUT2D eigenvalue weighted by atomic mass is 10.0. The molecular weight excluding hydrogens is 242 g/mol. The van der Waals surface area contributed by atoms with E-state index < -0.39 is 0 Å². The molecule has 0 amide bonds. The van der Waals surface area contributed by atoms with Crippen LogP contribution in [0.5, 0.6) is 11.5 Å². The summed E-state index contributed by atoms with van der Waals surface area (Å²) in [6.07, 6.45) is 0. The van der Waals surface area contributed by atoms with Gasteiger partial charge in [-0.15, -0.1) is 0 Å². The smallest absolute Gasteiger partial charge is 0.256 e. The lowest BCUT2D eigenvalue weighted by Crippen LogP contribution is -2.11. The Morgan fingerprint density at radius 1 is 1.00 bits per heavy atom. The summed E-state index contributed by atoms with van der Waals surface area (Å²) >= 11 is 0. The Morgan fingerprint density at radius 2 is 1.68 bits per heavy atom. The van der Waals surface area contributed by atoms with Crippen molar-refractivity contribution in [1.29, 1.82) is 0 Å². The van der Waals surface area contributed by atoms with Crippen LogP contribution in [0.2, 0.25) is 0 Å². The van der Waals surface area contributed by atoms with Crippen LogP contribution in [-0.2, 0) is 0 Å². The maximum atomic E-state index is 12.0. The first-order valence-electron chi connectivity index (χ1n) is 5.99. The van der Waals surface area contributed by atoms with Crippen molar-refractivity contribution in [2.45, 2.75) is 13.8 Å². The Bertz CT molecular complexity index is 659. The normalized spacial score (nSPS) is 10.3. The Labute approximate surface area is 112 Å². The molecule has 0 spiro atoms. The number of rotatable bonds is 3. The number of hydrogen-bond donors (Lipinski definition) is 1. The van der Waals surface area contributed by atoms with Crippen LogP contribution < -0.4 is 15.0 Å². The van der Waals surface area contributed by atoms with Crippen molar-refractivity contribution >= 4 is 0 Å². The van der Waals surface area contributed by atoms with E-state index in [1.165, 1.54) is 0 Å². The monoisotopic (exact) mass is 259 g/mol. The molecule has 19 heavy (non-hydrogen) atoms. The Kier molecular flexibility index (Phi) is 3.60. The average Bonchev–Trinajstić information content (AvgIpc) is 2.42. The molecular formula is C15H17NO3. The van der Waals surface area contributed by atoms with Gasteiger partial charge in [-0.1, -0.05) is 6.07 Å². The molecule has 0 atom stereocenters. The van der Waals surface area contributed by atoms with E-state index in [2.05, 4.69) is 4.98 Å². The van der Waals surface area contributed by atoms with E-state index in [4.69, 9.17) is 9.47 Å². The molecule has 0 saturated heterocycles. The minimum Gasteiger partial charge on any atom is -0.493 e. The van der Waals surface area contributed by atoms with Gasteiger partial charge in [0.05, 0.1) is 14.2 Å². The zero-order valence-electron chi connectivity index (χ0n) is 11.5. The molecule has 1 heterocycles. The summed E-state index contributed by atoms with van der Waals surface area (Å²) in [5, 5.41) is 0. The van der Waals surface area contributed by atoms with Crippen LogP contribution in [0.1, 0.15) is 11.3 Å². The van der Waals surface area contributed by atoms with E-state index in [1.54, 1.807) is 26.4 Å². The van der Waals surface area contributed by atoms with E-state index in [0.717, 1.165) is 16.8 Å². The Hall–Kier alpha value is -2.23. The van der Waals surface area contributed by atoms with Gasteiger partial charge in [0, 0.05) is 11.3 Å². The van der Waals surface area contributed by atoms with Gasteiger partial charge in [-0.2, -0.15) is 0 Å². The first-order valence-corrected chi connectivity index (χ1v) is 5.99. The van der Waals surface area contributed by atoms with Crippen molar-refractivity contribution < 1.29 is 9.47 Å². The van der Waals surface area contributed by atoms with E-state index in [-0.39, 0.29) is 5.56 Å². The number of ether oxygens (including phenoxy) is 2. The zero-order valence-corrected chi connectivity index (χ0v) is 11.5. The highest BCUT2D eigenvalue weighted by Crippen LogP contribution is 2.31. The number of hydrogen-bond acceptors (Lipinski definition) is 3. The summed E-state index contributed by atoms with van der Waals surface area (Å²) in [5.41, 5.74) is 3.26. The second-order valence-electron chi connectivity index (χ2n) is 4.39. The Morgan fingerprint density at radius 3 is 2.32 bits per heavy atom. The van der Waals surface area contributed by atoms with Gasteiger partial charge in [-0.05, 0) is 43.2 Å². The highest BCUT2D eigenvalue weighted by atomic mass is 16.5. The van der Waals surface area contributed by atoms with Crippen LogP contribution in [-0.4, -0.2) is 19.2 Å². The fourth-order valence-electron chi connectivity index (χ4n) is 1.94. The molecule has 0 saturated carbocycles. The second kappa shape index (κ2) is 5.18. The van der Waals surface area contributed by atoms with Crippen LogP contribution in [0.25, 0.3) is 11.1 Å². The lowest BCUT2D eigenvalue weighted by molar-refractivity contribution is 0.355. The second-order valence-corrected chi connectivity index (χ2v) is 4.39. The minimum atomic E-state index is -0.102. The number of nitrogens with one attached hydrogen (secondary N) is 1. The molecule has 1 aromatic heterocycles. The van der Waals surface area contributed by atoms with Crippen molar-refractivity contribution in [1.82, 2.24) is 4.98 Å². The van der Waals surface area contributed by atoms with E-state index in [9.17, 15) is 4.79 Å². The van der Waals surface area contributed by atoms with Gasteiger partial charge in [0.2, 0.25) is 0 Å². The molecule has 0 aliphatic rings. The van der Waals surface area contributed by atoms with Crippen LogP contribution in [0.4, 0.5) is 0 Å². The molecule has 0 fully saturated rings. The highest BCUT2D eigenvalue weighted by Gasteiger charge is 2.10. The third-order valence-corrected chi connectivity index (χ3v) is 3.19. The molecule has 0 radical (unpaired) electrons. The fraction of sp³-hybridized carbons (Fsp3) is 0.267. The molecule has 0 bridgehead atoms. The minimum absolute atomic E-state index is 0.102. The predicted molar refractivity (Wildman–Crippen MR) is 75.1 cm³/mol. The van der Waals surface area contributed by atoms with Crippen LogP contribution in [0, 0.1) is 13.8 Å². The average molecular weight is 259 g/mol. The van der Waals surface area contributed by atoms with E-state index in [0.29, 0.717) is 17.1 Å². The summed E-state index contributed by atoms with van der Waals surface area (Å²) in [6.45, 7) is 3.85. The summed E-state index contributed by atoms with van der Waals surface area (Å²) in [4.78, 5) is 14.9. The summed E-state index contributed by atoms with van der Waals surface area (Å²) < 4.78 is 10.4. The van der Waals surface area contributed by atoms with Crippen molar-refractivity contribution in [3.63, 3.8) is 0 Å². The molecule has 4 nitrogen and oxygen atoms in total. The number of benzene rings is 1. The number of pyridine rings is 1. The zero-order chi connectivity index (χ0) is 14.0. The quantitative estimate of drug-likeness (QED) is 0.922. The molecule has 1 aromatic carbocycles. The molecule has 4 heteroatoms. The van der Waals surface area contributed by atoms with Crippen molar-refractivity contribution in [3.05, 3.63) is 45.9 Å². The first-order chi connectivity index (χ1) is 9.06. The van der Waals surface area contributed by atoms with Gasteiger partial charge in [0.25, 0.3) is 5.56 Å². The third-order valence-electron chi connectivity index (χ3n) is 3.19. The molecule has 0 aliphatic carbocycles. The largest absolute Gasteiger partial charge is 0.493 e. The van der Waals surface area contributed by atoms with Gasteiger partial charge in [-0.3, -0.25) is 4.79 Å². The van der Waals surface area contributed by atoms with Gasteiger partial charge >= 0.3 is 0 Å². The van der Waals surface area contributed by atoms with Crippen LogP contribution in [0.15, 0.2) is 29.1 Å². The van der Waals surface area contributed by atoms with Crippen LogP contribution in [0.3, 0.4) is 0 Å². The molecule has 2 rings (SSSR count). The standard InChI is InChI=1S/C15H17NO3/c1-9-7-12(15(17)16-10(9)2)11-5-6-13(18-3)14(8-11)19-4/h5-8H,1-4H3,(H,16,17). The number of aromatic nitrogens is 1. The molecule has 0 unspecified atom stereocenters. The molecule has 100 valence electrons. The summed E-state index contributed by atoms with van der Waals surface area (Å²) in [5.74, 6) is 1.25. The molecule has 1 N–H and O–H groups in total. The molecule has 0 aliphatic heterocycles. The van der Waals surface area contributed by atoms with Gasteiger partial charge in [-0.25, -0.2) is 0 Å². The summed E-state index contributed by atoms with van der Waals surface area (Å²) in [7, 11) is 3.16. The first kappa shape index (κ1) is 13.2. The molecule has 2 aromatic rings. The Balaban J connectivity index is 2.59. The lowest BCUT2D eigenvalue weighted by Gasteiger charge is -2.10. The van der Waals surface area contributed by atoms with Crippen molar-refractivity contribution in [2.24, 2.45) is 0 Å². The third kappa shape index (κ3) is 2.47. The van der Waals surface area contributed by atoms with Gasteiger partial charge < -0.3 is 14.5 Å². The fourth-order valence-corrected chi connectivity index (χ4v) is 1.94. The maximum absolute atomic E-state index is 12.0. The maximum Gasteiger partial charge on any atom is 0.256 e. The van der Waals surface area contributed by atoms with Crippen molar-refractivity contribution in [2.75, 3.05) is 14.2 Å². The van der Waals surface area contributed by atoms with E-state index in [1.807, 2.05) is 26.0 Å². The summed E-state index contributed by atoms with van der Waals surface area (Å²) in [6, 6.07) is 7.33. The number of aryl methyl sites for hydroxylation is 2. The van der Waals surface area contributed by atoms with Crippen LogP contribution >= 0.6 is 0 Å². The predicted octanol–water partition coefficient (Wildman–Crippen LogP) is 2.68. The van der Waals surface area contributed by atoms with Gasteiger partial charge in [0.1, 0.15) is 0 Å². The SMILES string of the molecule is COc1ccc(-c2cc(C)c(C)[nH]c2=O)cc1OC. The number of aromatic amines is 1. The van der Waals surface area contributed by atoms with Gasteiger partial charge in [0.15, 0.2) is 11.5 Å². The van der Waals surface area contributed by atoms with Crippen molar-refractivity contribution in [3.8, 4) is 22.6 Å². The highest BCUT2D eigenvalue weighted by molar-refractivity contribution is 5.67. The number of H-pyrrole nitrogens is 1. The number of methoxy groups -OCH3 is 2.